The minimum absolute atomic E-state index is 0.237. The molecular weight excluding hydrogens is 310 g/mol. The summed E-state index contributed by atoms with van der Waals surface area (Å²) in [5.41, 5.74) is 1.48. The van der Waals surface area contributed by atoms with Gasteiger partial charge in [0.2, 0.25) is 5.91 Å². The predicted octanol–water partition coefficient (Wildman–Crippen LogP) is 4.37. The molecule has 0 aromatic heterocycles. The average Bonchev–Trinajstić information content (AvgIpc) is 2.79. The highest BCUT2D eigenvalue weighted by Crippen LogP contribution is 2.47. The van der Waals surface area contributed by atoms with E-state index in [1.54, 1.807) is 6.92 Å². The summed E-state index contributed by atoms with van der Waals surface area (Å²) in [6, 6.07) is 11.7. The Morgan fingerprint density at radius 1 is 1.08 bits per heavy atom. The highest BCUT2D eigenvalue weighted by Gasteiger charge is 2.52. The first-order chi connectivity index (χ1) is 12.1. The molecule has 2 aliphatic carbocycles. The highest BCUT2D eigenvalue weighted by atomic mass is 16.5. The summed E-state index contributed by atoms with van der Waals surface area (Å²) < 4.78 is 6.33. The molecule has 136 valence electrons. The number of hydrogen-bond donors (Lipinski definition) is 0. The van der Waals surface area contributed by atoms with Crippen molar-refractivity contribution in [2.75, 3.05) is 6.61 Å². The fraction of sp³-hybridized carbons (Fsp3) is 0.682. The predicted molar refractivity (Wildman–Crippen MR) is 99.4 cm³/mol. The van der Waals surface area contributed by atoms with Crippen LogP contribution in [0.3, 0.4) is 0 Å². The summed E-state index contributed by atoms with van der Waals surface area (Å²) in [5, 5.41) is 0. The van der Waals surface area contributed by atoms with Gasteiger partial charge in [-0.1, -0.05) is 37.3 Å². The van der Waals surface area contributed by atoms with Crippen LogP contribution in [0.2, 0.25) is 0 Å². The molecule has 1 amide bonds. The van der Waals surface area contributed by atoms with E-state index in [0.29, 0.717) is 35.9 Å². The SMILES string of the molecule is CC(=O)N1[C@@H]2CC[C@@H]2[C@H](C)[C@@H]1CO[C@H]1CC[C@@H](c2ccccc2)CC1. The van der Waals surface area contributed by atoms with Crippen molar-refractivity contribution in [1.82, 2.24) is 4.90 Å². The zero-order valence-electron chi connectivity index (χ0n) is 15.6. The molecule has 0 spiro atoms. The second kappa shape index (κ2) is 7.11. The van der Waals surface area contributed by atoms with E-state index in [4.69, 9.17) is 4.74 Å². The van der Waals surface area contributed by atoms with Gasteiger partial charge in [0.05, 0.1) is 18.8 Å². The molecule has 1 saturated heterocycles. The molecule has 3 aliphatic rings. The van der Waals surface area contributed by atoms with Crippen molar-refractivity contribution in [2.45, 2.75) is 76.5 Å². The Morgan fingerprint density at radius 3 is 2.40 bits per heavy atom. The first-order valence-electron chi connectivity index (χ1n) is 10.1. The zero-order chi connectivity index (χ0) is 17.4. The molecule has 0 N–H and O–H groups in total. The maximum atomic E-state index is 12.1. The van der Waals surface area contributed by atoms with Crippen LogP contribution in [-0.2, 0) is 9.53 Å². The number of hydrogen-bond acceptors (Lipinski definition) is 2. The first kappa shape index (κ1) is 17.1. The molecule has 1 heterocycles. The molecule has 3 nitrogen and oxygen atoms in total. The Balaban J connectivity index is 1.30. The van der Waals surface area contributed by atoms with E-state index in [2.05, 4.69) is 42.2 Å². The summed E-state index contributed by atoms with van der Waals surface area (Å²) in [6.07, 6.45) is 7.58. The number of likely N-dealkylation sites (tertiary alicyclic amines) is 1. The maximum Gasteiger partial charge on any atom is 0.220 e. The van der Waals surface area contributed by atoms with Crippen molar-refractivity contribution >= 4 is 5.91 Å². The van der Waals surface area contributed by atoms with Gasteiger partial charge in [0.1, 0.15) is 0 Å². The Bertz CT molecular complexity index is 593. The van der Waals surface area contributed by atoms with Crippen molar-refractivity contribution in [3.8, 4) is 0 Å². The lowest BCUT2D eigenvalue weighted by atomic mass is 9.74. The normalized spacial score (nSPS) is 37.4. The smallest absolute Gasteiger partial charge is 0.220 e. The summed E-state index contributed by atoms with van der Waals surface area (Å²) in [6.45, 7) is 4.78. The minimum Gasteiger partial charge on any atom is -0.376 e. The standard InChI is InChI=1S/C22H31NO2/c1-15-20-12-13-21(20)23(16(2)24)22(15)14-25-19-10-8-18(9-11-19)17-6-4-3-5-7-17/h3-7,15,18-22H,8-14H2,1-2H3/t15-,18-,19+,20+,21+,22-/m0/s1. The van der Waals surface area contributed by atoms with Crippen LogP contribution in [0.4, 0.5) is 0 Å². The molecule has 1 aromatic rings. The average molecular weight is 341 g/mol. The molecule has 0 unspecified atom stereocenters. The second-order valence-corrected chi connectivity index (χ2v) is 8.38. The van der Waals surface area contributed by atoms with E-state index in [-0.39, 0.29) is 5.91 Å². The van der Waals surface area contributed by atoms with Crippen molar-refractivity contribution in [3.05, 3.63) is 35.9 Å². The van der Waals surface area contributed by atoms with Gasteiger partial charge in [-0.05, 0) is 61.8 Å². The van der Waals surface area contributed by atoms with E-state index in [0.717, 1.165) is 19.4 Å². The number of carbonyl (C=O) groups excluding carboxylic acids is 1. The van der Waals surface area contributed by atoms with E-state index < -0.39 is 0 Å². The third-order valence-electron chi connectivity index (χ3n) is 7.10. The zero-order valence-corrected chi connectivity index (χ0v) is 15.6. The van der Waals surface area contributed by atoms with Crippen molar-refractivity contribution in [2.24, 2.45) is 11.8 Å². The molecule has 3 fully saturated rings. The topological polar surface area (TPSA) is 29.5 Å². The van der Waals surface area contributed by atoms with Gasteiger partial charge in [-0.15, -0.1) is 0 Å². The van der Waals surface area contributed by atoms with E-state index >= 15 is 0 Å². The van der Waals surface area contributed by atoms with Gasteiger partial charge in [-0.3, -0.25) is 4.79 Å². The van der Waals surface area contributed by atoms with Crippen LogP contribution in [0, 0.1) is 11.8 Å². The van der Waals surface area contributed by atoms with Crippen molar-refractivity contribution in [3.63, 3.8) is 0 Å². The van der Waals surface area contributed by atoms with Crippen LogP contribution in [-0.4, -0.2) is 35.6 Å². The molecule has 1 aromatic carbocycles. The number of rotatable bonds is 4. The van der Waals surface area contributed by atoms with Crippen molar-refractivity contribution in [1.29, 1.82) is 0 Å². The molecule has 4 atom stereocenters. The molecular formula is C22H31NO2. The van der Waals surface area contributed by atoms with Crippen LogP contribution < -0.4 is 0 Å². The van der Waals surface area contributed by atoms with Gasteiger partial charge in [-0.2, -0.15) is 0 Å². The molecule has 25 heavy (non-hydrogen) atoms. The van der Waals surface area contributed by atoms with E-state index in [1.807, 2.05) is 0 Å². The molecule has 0 bridgehead atoms. The second-order valence-electron chi connectivity index (χ2n) is 8.38. The fourth-order valence-electron chi connectivity index (χ4n) is 5.47. The van der Waals surface area contributed by atoms with E-state index in [1.165, 1.54) is 31.2 Å². The van der Waals surface area contributed by atoms with Crippen molar-refractivity contribution < 1.29 is 9.53 Å². The van der Waals surface area contributed by atoms with Gasteiger partial charge in [0.15, 0.2) is 0 Å². The van der Waals surface area contributed by atoms with Gasteiger partial charge in [-0.25, -0.2) is 0 Å². The number of amides is 1. The molecule has 1 aliphatic heterocycles. The summed E-state index contributed by atoms with van der Waals surface area (Å²) >= 11 is 0. The maximum absolute atomic E-state index is 12.1. The van der Waals surface area contributed by atoms with Crippen LogP contribution in [0.25, 0.3) is 0 Å². The lowest BCUT2D eigenvalue weighted by molar-refractivity contribution is -0.135. The molecule has 4 rings (SSSR count). The lowest BCUT2D eigenvalue weighted by Crippen LogP contribution is -2.46. The van der Waals surface area contributed by atoms with Gasteiger partial charge in [0.25, 0.3) is 0 Å². The Labute approximate surface area is 151 Å². The van der Waals surface area contributed by atoms with Crippen LogP contribution in [0.1, 0.15) is 63.9 Å². The highest BCUT2D eigenvalue weighted by molar-refractivity contribution is 5.74. The quantitative estimate of drug-likeness (QED) is 0.813. The van der Waals surface area contributed by atoms with Gasteiger partial charge in [0, 0.05) is 13.0 Å². The fourth-order valence-corrected chi connectivity index (χ4v) is 5.47. The number of nitrogens with zero attached hydrogens (tertiary/aromatic N) is 1. The summed E-state index contributed by atoms with van der Waals surface area (Å²) in [4.78, 5) is 14.3. The molecule has 3 heteroatoms. The number of ether oxygens (including phenoxy) is 1. The van der Waals surface area contributed by atoms with Gasteiger partial charge >= 0.3 is 0 Å². The Morgan fingerprint density at radius 2 is 1.80 bits per heavy atom. The molecule has 2 saturated carbocycles. The largest absolute Gasteiger partial charge is 0.376 e. The number of carbonyl (C=O) groups is 1. The van der Waals surface area contributed by atoms with Crippen LogP contribution in [0.5, 0.6) is 0 Å². The lowest BCUT2D eigenvalue weighted by Gasteiger charge is -2.37. The molecule has 0 radical (unpaired) electrons. The Kier molecular flexibility index (Phi) is 4.86. The summed E-state index contributed by atoms with van der Waals surface area (Å²) in [7, 11) is 0. The van der Waals surface area contributed by atoms with Gasteiger partial charge < -0.3 is 9.64 Å². The van der Waals surface area contributed by atoms with E-state index in [9.17, 15) is 4.79 Å². The third-order valence-corrected chi connectivity index (χ3v) is 7.10. The number of benzene rings is 1. The third kappa shape index (κ3) is 3.23. The first-order valence-corrected chi connectivity index (χ1v) is 10.1. The van der Waals surface area contributed by atoms with Crippen LogP contribution >= 0.6 is 0 Å². The summed E-state index contributed by atoms with van der Waals surface area (Å²) in [5.74, 6) is 2.23. The van der Waals surface area contributed by atoms with Crippen LogP contribution in [0.15, 0.2) is 30.3 Å². The minimum atomic E-state index is 0.237. The Hall–Kier alpha value is -1.35. The monoisotopic (exact) mass is 341 g/mol. The number of fused-ring (bicyclic) bond motifs is 1.